The van der Waals surface area contributed by atoms with Crippen molar-refractivity contribution in [1.82, 2.24) is 0 Å². The molecule has 0 bridgehead atoms. The third-order valence-electron chi connectivity index (χ3n) is 5.23. The third-order valence-corrected chi connectivity index (χ3v) is 5.23. The van der Waals surface area contributed by atoms with Gasteiger partial charge in [0, 0.05) is 17.1 Å². The lowest BCUT2D eigenvalue weighted by atomic mass is 9.96. The van der Waals surface area contributed by atoms with Crippen molar-refractivity contribution in [2.45, 2.75) is 39.7 Å². The molecular formula is C23H29N2O2. The third kappa shape index (κ3) is 3.90. The Bertz CT molecular complexity index is 781. The highest BCUT2D eigenvalue weighted by atomic mass is 16.5. The highest BCUT2D eigenvalue weighted by molar-refractivity contribution is 5.64. The molecule has 2 aromatic carbocycles. The largest absolute Gasteiger partial charge is 0.497 e. The number of rotatable bonds is 6. The monoisotopic (exact) mass is 365 g/mol. The molecule has 1 aliphatic rings. The maximum atomic E-state index is 5.31. The van der Waals surface area contributed by atoms with Crippen molar-refractivity contribution in [3.05, 3.63) is 66.5 Å². The minimum atomic E-state index is 0.313. The summed E-state index contributed by atoms with van der Waals surface area (Å²) in [6.45, 7) is 8.93. The van der Waals surface area contributed by atoms with Crippen LogP contribution >= 0.6 is 0 Å². The fourth-order valence-electron chi connectivity index (χ4n) is 3.64. The van der Waals surface area contributed by atoms with E-state index in [4.69, 9.17) is 9.47 Å². The van der Waals surface area contributed by atoms with E-state index in [0.29, 0.717) is 6.04 Å². The Kier molecular flexibility index (Phi) is 5.94. The first-order valence-electron chi connectivity index (χ1n) is 9.49. The summed E-state index contributed by atoms with van der Waals surface area (Å²) in [5, 5.41) is 0. The van der Waals surface area contributed by atoms with Gasteiger partial charge in [-0.2, -0.15) is 0 Å². The minimum absolute atomic E-state index is 0.313. The van der Waals surface area contributed by atoms with Gasteiger partial charge in [0.2, 0.25) is 0 Å². The maximum absolute atomic E-state index is 5.31. The summed E-state index contributed by atoms with van der Waals surface area (Å²) in [4.78, 5) is 4.61. The molecule has 0 N–H and O–H groups in total. The standard InChI is InChI=1S/C23H29N2O2/c1-6-7-23-17(2)24(19-8-12-21(26-4)13-9-19)16-25(18(23)3)20-10-14-22(27-5)15-11-20/h8-17H,6-7H2,1-5H3. The van der Waals surface area contributed by atoms with Crippen LogP contribution in [0.4, 0.5) is 11.4 Å². The molecule has 0 aliphatic carbocycles. The molecule has 4 heteroatoms. The van der Waals surface area contributed by atoms with Gasteiger partial charge >= 0.3 is 0 Å². The summed E-state index contributed by atoms with van der Waals surface area (Å²) < 4.78 is 10.6. The molecule has 1 atom stereocenters. The van der Waals surface area contributed by atoms with Gasteiger partial charge in [0.15, 0.2) is 0 Å². The zero-order chi connectivity index (χ0) is 19.4. The molecule has 0 aromatic heterocycles. The fraction of sp³-hybridized carbons (Fsp3) is 0.348. The smallest absolute Gasteiger partial charge is 0.147 e. The summed E-state index contributed by atoms with van der Waals surface area (Å²) in [5.41, 5.74) is 5.06. The molecular weight excluding hydrogens is 336 g/mol. The minimum Gasteiger partial charge on any atom is -0.497 e. The molecule has 1 unspecified atom stereocenters. The Morgan fingerprint density at radius 2 is 1.37 bits per heavy atom. The molecule has 27 heavy (non-hydrogen) atoms. The molecule has 1 heterocycles. The molecule has 0 saturated heterocycles. The van der Waals surface area contributed by atoms with E-state index in [0.717, 1.165) is 35.7 Å². The van der Waals surface area contributed by atoms with E-state index in [9.17, 15) is 0 Å². The number of nitrogens with zero attached hydrogens (tertiary/aromatic N) is 2. The van der Waals surface area contributed by atoms with E-state index in [1.807, 2.05) is 24.3 Å². The van der Waals surface area contributed by atoms with Gasteiger partial charge in [0.05, 0.1) is 20.3 Å². The SMILES string of the molecule is CCCC1=C(C)N(c2ccc(OC)cc2)[CH]N(c2ccc(OC)cc2)C1C. The van der Waals surface area contributed by atoms with Crippen LogP contribution in [0.2, 0.25) is 0 Å². The number of anilines is 2. The van der Waals surface area contributed by atoms with Gasteiger partial charge < -0.3 is 19.3 Å². The Morgan fingerprint density at radius 3 is 1.85 bits per heavy atom. The number of methoxy groups -OCH3 is 2. The van der Waals surface area contributed by atoms with Crippen molar-refractivity contribution in [1.29, 1.82) is 0 Å². The number of hydrogen-bond acceptors (Lipinski definition) is 4. The molecule has 0 fully saturated rings. The molecule has 143 valence electrons. The number of ether oxygens (including phenoxy) is 2. The molecule has 0 saturated carbocycles. The maximum Gasteiger partial charge on any atom is 0.147 e. The van der Waals surface area contributed by atoms with E-state index < -0.39 is 0 Å². The van der Waals surface area contributed by atoms with Crippen molar-refractivity contribution in [3.63, 3.8) is 0 Å². The van der Waals surface area contributed by atoms with E-state index in [1.165, 1.54) is 11.3 Å². The van der Waals surface area contributed by atoms with Crippen molar-refractivity contribution >= 4 is 11.4 Å². The van der Waals surface area contributed by atoms with Crippen LogP contribution in [-0.2, 0) is 0 Å². The first-order valence-corrected chi connectivity index (χ1v) is 9.49. The van der Waals surface area contributed by atoms with Gasteiger partial charge in [-0.15, -0.1) is 0 Å². The topological polar surface area (TPSA) is 24.9 Å². The Hall–Kier alpha value is -2.62. The van der Waals surface area contributed by atoms with Gasteiger partial charge in [-0.05, 0) is 74.4 Å². The first-order chi connectivity index (χ1) is 13.1. The summed E-state index contributed by atoms with van der Waals surface area (Å²) in [7, 11) is 3.39. The van der Waals surface area contributed by atoms with Gasteiger partial charge in [-0.3, -0.25) is 0 Å². The van der Waals surface area contributed by atoms with Gasteiger partial charge in [0.25, 0.3) is 0 Å². The molecule has 1 radical (unpaired) electrons. The lowest BCUT2D eigenvalue weighted by molar-refractivity contribution is 0.414. The Balaban J connectivity index is 1.98. The van der Waals surface area contributed by atoms with E-state index in [2.05, 4.69) is 61.5 Å². The second-order valence-corrected chi connectivity index (χ2v) is 6.83. The van der Waals surface area contributed by atoms with Crippen LogP contribution in [0, 0.1) is 6.67 Å². The number of benzene rings is 2. The second kappa shape index (κ2) is 8.38. The van der Waals surface area contributed by atoms with Crippen LogP contribution in [0.25, 0.3) is 0 Å². The average molecular weight is 365 g/mol. The highest BCUT2D eigenvalue weighted by Gasteiger charge is 2.30. The van der Waals surface area contributed by atoms with Crippen LogP contribution in [-0.4, -0.2) is 20.3 Å². The van der Waals surface area contributed by atoms with Crippen LogP contribution in [0.3, 0.4) is 0 Å². The van der Waals surface area contributed by atoms with Crippen molar-refractivity contribution < 1.29 is 9.47 Å². The predicted molar refractivity (Wildman–Crippen MR) is 112 cm³/mol. The summed E-state index contributed by atoms with van der Waals surface area (Å²) >= 11 is 0. The van der Waals surface area contributed by atoms with E-state index >= 15 is 0 Å². The van der Waals surface area contributed by atoms with Gasteiger partial charge in [0.1, 0.15) is 18.2 Å². The quantitative estimate of drug-likeness (QED) is 0.664. The molecule has 2 aromatic rings. The van der Waals surface area contributed by atoms with Crippen LogP contribution in [0.15, 0.2) is 59.8 Å². The van der Waals surface area contributed by atoms with Crippen LogP contribution in [0.1, 0.15) is 33.6 Å². The average Bonchev–Trinajstić information content (AvgIpc) is 2.71. The Labute approximate surface area is 163 Å². The van der Waals surface area contributed by atoms with Crippen molar-refractivity contribution in [3.8, 4) is 11.5 Å². The van der Waals surface area contributed by atoms with Gasteiger partial charge in [-0.1, -0.05) is 13.3 Å². The Morgan fingerprint density at radius 1 is 0.852 bits per heavy atom. The molecule has 3 rings (SSSR count). The van der Waals surface area contributed by atoms with E-state index in [-0.39, 0.29) is 0 Å². The van der Waals surface area contributed by atoms with Crippen molar-refractivity contribution in [2.75, 3.05) is 24.0 Å². The summed E-state index contributed by atoms with van der Waals surface area (Å²) in [5.74, 6) is 1.74. The lowest BCUT2D eigenvalue weighted by Crippen LogP contribution is -2.44. The fourth-order valence-corrected chi connectivity index (χ4v) is 3.64. The zero-order valence-corrected chi connectivity index (χ0v) is 16.9. The molecule has 0 spiro atoms. The lowest BCUT2D eigenvalue weighted by Gasteiger charge is -2.44. The number of hydrogen-bond donors (Lipinski definition) is 0. The zero-order valence-electron chi connectivity index (χ0n) is 16.9. The molecule has 1 aliphatic heterocycles. The normalized spacial score (nSPS) is 17.3. The van der Waals surface area contributed by atoms with Gasteiger partial charge in [-0.25, -0.2) is 0 Å². The summed E-state index contributed by atoms with van der Waals surface area (Å²) in [6, 6.07) is 16.8. The van der Waals surface area contributed by atoms with Crippen LogP contribution in [0.5, 0.6) is 11.5 Å². The molecule has 4 nitrogen and oxygen atoms in total. The molecule has 0 amide bonds. The first kappa shape index (κ1) is 19.2. The van der Waals surface area contributed by atoms with E-state index in [1.54, 1.807) is 14.2 Å². The predicted octanol–water partition coefficient (Wildman–Crippen LogP) is 5.61. The number of allylic oxidation sites excluding steroid dienone is 1. The second-order valence-electron chi connectivity index (χ2n) is 6.83. The highest BCUT2D eigenvalue weighted by Crippen LogP contribution is 2.37. The van der Waals surface area contributed by atoms with Crippen molar-refractivity contribution in [2.24, 2.45) is 0 Å². The van der Waals surface area contributed by atoms with Crippen LogP contribution < -0.4 is 19.3 Å². The summed E-state index contributed by atoms with van der Waals surface area (Å²) in [6.07, 6.45) is 2.21.